The van der Waals surface area contributed by atoms with Crippen LogP contribution in [0.15, 0.2) is 36.4 Å². The Morgan fingerprint density at radius 2 is 1.68 bits per heavy atom. The third-order valence-corrected chi connectivity index (χ3v) is 2.62. The summed E-state index contributed by atoms with van der Waals surface area (Å²) in [5.41, 5.74) is 0.105. The van der Waals surface area contributed by atoms with Gasteiger partial charge in [-0.25, -0.2) is 13.2 Å². The predicted octanol–water partition coefficient (Wildman–Crippen LogP) is 3.59. The van der Waals surface area contributed by atoms with Crippen molar-refractivity contribution >= 4 is 5.69 Å². The van der Waals surface area contributed by atoms with Gasteiger partial charge in [0.1, 0.15) is 17.5 Å². The number of nitriles is 1. The molecule has 19 heavy (non-hydrogen) atoms. The highest BCUT2D eigenvalue weighted by Gasteiger charge is 2.09. The van der Waals surface area contributed by atoms with Gasteiger partial charge in [0.15, 0.2) is 0 Å². The maximum atomic E-state index is 13.5. The van der Waals surface area contributed by atoms with Gasteiger partial charge >= 0.3 is 0 Å². The minimum absolute atomic E-state index is 0.0849. The third kappa shape index (κ3) is 2.86. The normalized spacial score (nSPS) is 10.0. The molecule has 0 aliphatic heterocycles. The van der Waals surface area contributed by atoms with Crippen LogP contribution in [0.4, 0.5) is 18.9 Å². The second-order valence-corrected chi connectivity index (χ2v) is 3.86. The average molecular weight is 262 g/mol. The largest absolute Gasteiger partial charge is 0.378 e. The number of anilines is 1. The van der Waals surface area contributed by atoms with Gasteiger partial charge in [-0.1, -0.05) is 6.07 Å². The fourth-order valence-electron chi connectivity index (χ4n) is 1.61. The molecule has 5 heteroatoms. The first-order valence-electron chi connectivity index (χ1n) is 5.48. The topological polar surface area (TPSA) is 35.8 Å². The van der Waals surface area contributed by atoms with Crippen LogP contribution in [0.5, 0.6) is 0 Å². The highest BCUT2D eigenvalue weighted by atomic mass is 19.1. The van der Waals surface area contributed by atoms with E-state index in [1.54, 1.807) is 6.07 Å². The minimum Gasteiger partial charge on any atom is -0.378 e. The Bertz CT molecular complexity index is 627. The molecule has 0 unspecified atom stereocenters. The van der Waals surface area contributed by atoms with Crippen LogP contribution in [0, 0.1) is 28.8 Å². The Morgan fingerprint density at radius 3 is 2.26 bits per heavy atom. The van der Waals surface area contributed by atoms with E-state index >= 15 is 0 Å². The molecule has 2 aromatic rings. The second-order valence-electron chi connectivity index (χ2n) is 3.86. The van der Waals surface area contributed by atoms with Gasteiger partial charge in [0.2, 0.25) is 0 Å². The van der Waals surface area contributed by atoms with Gasteiger partial charge in [-0.15, -0.1) is 0 Å². The first kappa shape index (κ1) is 13.0. The molecule has 0 heterocycles. The van der Waals surface area contributed by atoms with Crippen molar-refractivity contribution < 1.29 is 13.2 Å². The lowest BCUT2D eigenvalue weighted by atomic mass is 10.1. The Morgan fingerprint density at radius 1 is 1.00 bits per heavy atom. The van der Waals surface area contributed by atoms with Crippen molar-refractivity contribution in [3.05, 3.63) is 65.0 Å². The smallest absolute Gasteiger partial charge is 0.147 e. The summed E-state index contributed by atoms with van der Waals surface area (Å²) < 4.78 is 40.3. The van der Waals surface area contributed by atoms with Gasteiger partial charge in [0.05, 0.1) is 17.3 Å². The molecule has 2 rings (SSSR count). The number of hydrogen-bond acceptors (Lipinski definition) is 2. The SMILES string of the molecule is N#Cc1ccc(NCc2c(F)cccc2F)c(F)c1. The van der Waals surface area contributed by atoms with E-state index in [2.05, 4.69) is 5.32 Å². The molecule has 0 aliphatic rings. The van der Waals surface area contributed by atoms with E-state index in [1.165, 1.54) is 18.2 Å². The van der Waals surface area contributed by atoms with E-state index < -0.39 is 17.5 Å². The molecule has 96 valence electrons. The van der Waals surface area contributed by atoms with Crippen molar-refractivity contribution in [1.29, 1.82) is 5.26 Å². The fourth-order valence-corrected chi connectivity index (χ4v) is 1.61. The fraction of sp³-hybridized carbons (Fsp3) is 0.0714. The van der Waals surface area contributed by atoms with Gasteiger partial charge in [0, 0.05) is 12.1 Å². The predicted molar refractivity (Wildman–Crippen MR) is 64.8 cm³/mol. The maximum absolute atomic E-state index is 13.5. The molecule has 0 aromatic heterocycles. The summed E-state index contributed by atoms with van der Waals surface area (Å²) in [6.07, 6.45) is 0. The third-order valence-electron chi connectivity index (χ3n) is 2.62. The highest BCUT2D eigenvalue weighted by Crippen LogP contribution is 2.18. The number of benzene rings is 2. The molecule has 0 aliphatic carbocycles. The van der Waals surface area contributed by atoms with Gasteiger partial charge in [-0.3, -0.25) is 0 Å². The average Bonchev–Trinajstić information content (AvgIpc) is 2.39. The molecule has 0 fully saturated rings. The molecule has 0 radical (unpaired) electrons. The molecular weight excluding hydrogens is 253 g/mol. The van der Waals surface area contributed by atoms with Crippen molar-refractivity contribution in [2.75, 3.05) is 5.32 Å². The molecule has 0 atom stereocenters. The van der Waals surface area contributed by atoms with Crippen molar-refractivity contribution in [2.24, 2.45) is 0 Å². The standard InChI is InChI=1S/C14H9F3N2/c15-11-2-1-3-12(16)10(11)8-19-14-5-4-9(7-18)6-13(14)17/h1-6,19H,8H2. The molecule has 0 amide bonds. The van der Waals surface area contributed by atoms with E-state index in [9.17, 15) is 13.2 Å². The van der Waals surface area contributed by atoms with Crippen LogP contribution < -0.4 is 5.32 Å². The Balaban J connectivity index is 2.17. The lowest BCUT2D eigenvalue weighted by Gasteiger charge is -2.09. The number of nitrogens with zero attached hydrogens (tertiary/aromatic N) is 1. The molecule has 0 saturated heterocycles. The lowest BCUT2D eigenvalue weighted by Crippen LogP contribution is -2.05. The van der Waals surface area contributed by atoms with E-state index in [0.29, 0.717) is 0 Å². The molecule has 0 saturated carbocycles. The maximum Gasteiger partial charge on any atom is 0.147 e. The van der Waals surface area contributed by atoms with Gasteiger partial charge in [0.25, 0.3) is 0 Å². The summed E-state index contributed by atoms with van der Waals surface area (Å²) in [5.74, 6) is -2.03. The van der Waals surface area contributed by atoms with Gasteiger partial charge in [-0.2, -0.15) is 5.26 Å². The number of rotatable bonds is 3. The zero-order chi connectivity index (χ0) is 13.8. The summed E-state index contributed by atoms with van der Waals surface area (Å²) in [6, 6.07) is 9.16. The van der Waals surface area contributed by atoms with Crippen LogP contribution >= 0.6 is 0 Å². The van der Waals surface area contributed by atoms with Crippen LogP contribution in [0.2, 0.25) is 0 Å². The van der Waals surface area contributed by atoms with Crippen LogP contribution in [0.3, 0.4) is 0 Å². The Hall–Kier alpha value is -2.48. The first-order valence-corrected chi connectivity index (χ1v) is 5.48. The second kappa shape index (κ2) is 5.44. The Labute approximate surface area is 108 Å². The summed E-state index contributed by atoms with van der Waals surface area (Å²) in [5, 5.41) is 11.2. The molecule has 0 spiro atoms. The molecule has 2 aromatic carbocycles. The zero-order valence-corrected chi connectivity index (χ0v) is 9.75. The van der Waals surface area contributed by atoms with Crippen LogP contribution in [-0.2, 0) is 6.54 Å². The van der Waals surface area contributed by atoms with E-state index in [-0.39, 0.29) is 23.4 Å². The molecular formula is C14H9F3N2. The number of hydrogen-bond donors (Lipinski definition) is 1. The summed E-state index contributed by atoms with van der Waals surface area (Å²) in [7, 11) is 0. The van der Waals surface area contributed by atoms with Crippen LogP contribution in [-0.4, -0.2) is 0 Å². The first-order chi connectivity index (χ1) is 9.11. The number of nitrogens with one attached hydrogen (secondary N) is 1. The quantitative estimate of drug-likeness (QED) is 0.917. The van der Waals surface area contributed by atoms with Gasteiger partial charge < -0.3 is 5.32 Å². The van der Waals surface area contributed by atoms with E-state index in [0.717, 1.165) is 18.2 Å². The lowest BCUT2D eigenvalue weighted by molar-refractivity contribution is 0.559. The summed E-state index contributed by atoms with van der Waals surface area (Å²) >= 11 is 0. The van der Waals surface area contributed by atoms with Crippen LogP contribution in [0.1, 0.15) is 11.1 Å². The molecule has 2 nitrogen and oxygen atoms in total. The minimum atomic E-state index is -0.693. The monoisotopic (exact) mass is 262 g/mol. The van der Waals surface area contributed by atoms with Crippen LogP contribution in [0.25, 0.3) is 0 Å². The van der Waals surface area contributed by atoms with Crippen molar-refractivity contribution in [3.63, 3.8) is 0 Å². The van der Waals surface area contributed by atoms with E-state index in [1.807, 2.05) is 0 Å². The molecule has 1 N–H and O–H groups in total. The summed E-state index contributed by atoms with van der Waals surface area (Å²) in [6.45, 7) is -0.179. The van der Waals surface area contributed by atoms with Crippen molar-refractivity contribution in [1.82, 2.24) is 0 Å². The Kier molecular flexibility index (Phi) is 3.71. The zero-order valence-electron chi connectivity index (χ0n) is 9.75. The van der Waals surface area contributed by atoms with Crippen molar-refractivity contribution in [2.45, 2.75) is 6.54 Å². The highest BCUT2D eigenvalue weighted by molar-refractivity contribution is 5.49. The molecule has 0 bridgehead atoms. The summed E-state index contributed by atoms with van der Waals surface area (Å²) in [4.78, 5) is 0. The number of halogens is 3. The van der Waals surface area contributed by atoms with E-state index in [4.69, 9.17) is 5.26 Å². The van der Waals surface area contributed by atoms with Gasteiger partial charge in [-0.05, 0) is 30.3 Å². The van der Waals surface area contributed by atoms with Crippen molar-refractivity contribution in [3.8, 4) is 6.07 Å².